The molecule has 0 amide bonds. The molecule has 0 atom stereocenters. The SMILES string of the molecule is c1ccc(-c2nc(-c3ccc4c(c3)C(c3ccccc3)(c3ccccc3)c3ccccc3-4)nc(-c3cc4ccccc4c4c3oc3ccc(-c5cccc6ccccc56)cc34)n2)cc1. The van der Waals surface area contributed by atoms with Crippen LogP contribution in [-0.2, 0) is 5.41 Å². The number of hydrogen-bond donors (Lipinski definition) is 0. The third-order valence-corrected chi connectivity index (χ3v) is 13.2. The van der Waals surface area contributed by atoms with Gasteiger partial charge in [-0.3, -0.25) is 0 Å². The molecule has 0 spiro atoms. The van der Waals surface area contributed by atoms with Gasteiger partial charge < -0.3 is 4.42 Å². The van der Waals surface area contributed by atoms with Crippen LogP contribution in [0.2, 0.25) is 0 Å². The van der Waals surface area contributed by atoms with Gasteiger partial charge in [0.2, 0.25) is 0 Å². The molecule has 10 aromatic carbocycles. The lowest BCUT2D eigenvalue weighted by Gasteiger charge is -2.34. The average Bonchev–Trinajstić information content (AvgIpc) is 3.90. The first-order valence-corrected chi connectivity index (χ1v) is 21.8. The van der Waals surface area contributed by atoms with Crippen LogP contribution < -0.4 is 0 Å². The molecule has 0 saturated carbocycles. The van der Waals surface area contributed by atoms with Crippen LogP contribution in [0.25, 0.3) is 99.9 Å². The molecule has 1 aliphatic carbocycles. The fourth-order valence-electron chi connectivity index (χ4n) is 10.4. The van der Waals surface area contributed by atoms with Crippen molar-refractivity contribution < 1.29 is 4.42 Å². The molecule has 0 N–H and O–H groups in total. The number of nitrogens with zero attached hydrogens (tertiary/aromatic N) is 3. The van der Waals surface area contributed by atoms with Crippen molar-refractivity contribution in [3.63, 3.8) is 0 Å². The van der Waals surface area contributed by atoms with Gasteiger partial charge in [-0.15, -0.1) is 0 Å². The zero-order valence-electron chi connectivity index (χ0n) is 34.6. The highest BCUT2D eigenvalue weighted by atomic mass is 16.3. The van der Waals surface area contributed by atoms with Crippen LogP contribution in [0.1, 0.15) is 22.3 Å². The molecule has 2 heterocycles. The van der Waals surface area contributed by atoms with Gasteiger partial charge in [0.1, 0.15) is 11.2 Å². The molecule has 13 rings (SSSR count). The van der Waals surface area contributed by atoms with E-state index in [4.69, 9.17) is 19.4 Å². The minimum atomic E-state index is -0.563. The van der Waals surface area contributed by atoms with Crippen LogP contribution in [-0.4, -0.2) is 15.0 Å². The first-order chi connectivity index (χ1) is 31.7. The highest BCUT2D eigenvalue weighted by Gasteiger charge is 2.46. The van der Waals surface area contributed by atoms with Gasteiger partial charge in [-0.1, -0.05) is 200 Å². The third-order valence-electron chi connectivity index (χ3n) is 13.2. The number of furan rings is 1. The summed E-state index contributed by atoms with van der Waals surface area (Å²) in [5, 5.41) is 6.71. The largest absolute Gasteiger partial charge is 0.455 e. The number of rotatable bonds is 6. The molecule has 0 unspecified atom stereocenters. The Morgan fingerprint density at radius 2 is 0.906 bits per heavy atom. The van der Waals surface area contributed by atoms with Crippen LogP contribution in [0.15, 0.2) is 229 Å². The maximum Gasteiger partial charge on any atom is 0.167 e. The highest BCUT2D eigenvalue weighted by molar-refractivity contribution is 6.23. The molecule has 0 aliphatic heterocycles. The molecule has 12 aromatic rings. The predicted octanol–water partition coefficient (Wildman–Crippen LogP) is 15.1. The maximum atomic E-state index is 6.94. The summed E-state index contributed by atoms with van der Waals surface area (Å²) in [6.07, 6.45) is 0. The molecule has 4 nitrogen and oxygen atoms in total. The second-order valence-corrected chi connectivity index (χ2v) is 16.6. The molecule has 64 heavy (non-hydrogen) atoms. The normalized spacial score (nSPS) is 12.8. The van der Waals surface area contributed by atoms with E-state index in [-0.39, 0.29) is 0 Å². The predicted molar refractivity (Wildman–Crippen MR) is 261 cm³/mol. The summed E-state index contributed by atoms with van der Waals surface area (Å²) in [7, 11) is 0. The molecule has 4 heteroatoms. The summed E-state index contributed by atoms with van der Waals surface area (Å²) in [6, 6.07) is 79.8. The van der Waals surface area contributed by atoms with Crippen molar-refractivity contribution in [1.82, 2.24) is 15.0 Å². The van der Waals surface area contributed by atoms with Gasteiger partial charge in [-0.2, -0.15) is 0 Å². The molecule has 298 valence electrons. The molecule has 0 saturated heterocycles. The second kappa shape index (κ2) is 14.3. The van der Waals surface area contributed by atoms with Gasteiger partial charge in [0.05, 0.1) is 11.0 Å². The lowest BCUT2D eigenvalue weighted by atomic mass is 9.67. The highest BCUT2D eigenvalue weighted by Crippen LogP contribution is 2.56. The number of aromatic nitrogens is 3. The fraction of sp³-hybridized carbons (Fsp3) is 0.0167. The standard InChI is InChI=1S/C60H37N3O/c1-4-18-39(19-5-1)57-61-58(42-31-33-49-48-28-14-15-30-52(48)60(53(49)37-42,43-22-6-2-7-23-43)44-24-8-3-9-25-44)63-59(62-57)51-36-40-20-11-13-27-47(40)55-50-35-41(32-34-54(50)64-56(51)55)46-29-16-21-38-17-10-12-26-45(38)46/h1-37H. The lowest BCUT2D eigenvalue weighted by molar-refractivity contribution is 0.670. The molecule has 0 radical (unpaired) electrons. The summed E-state index contributed by atoms with van der Waals surface area (Å²) in [5.41, 5.74) is 13.2. The van der Waals surface area contributed by atoms with E-state index in [0.29, 0.717) is 17.5 Å². The zero-order valence-corrected chi connectivity index (χ0v) is 34.6. The summed E-state index contributed by atoms with van der Waals surface area (Å²) in [4.78, 5) is 16.0. The smallest absolute Gasteiger partial charge is 0.167 e. The van der Waals surface area contributed by atoms with Crippen molar-refractivity contribution in [3.05, 3.63) is 247 Å². The van der Waals surface area contributed by atoms with E-state index >= 15 is 0 Å². The van der Waals surface area contributed by atoms with Gasteiger partial charge in [0.25, 0.3) is 0 Å². The van der Waals surface area contributed by atoms with Crippen LogP contribution in [0.5, 0.6) is 0 Å². The Morgan fingerprint density at radius 3 is 1.69 bits per heavy atom. The van der Waals surface area contributed by atoms with Gasteiger partial charge in [-0.05, 0) is 90.3 Å². The van der Waals surface area contributed by atoms with Crippen LogP contribution in [0.3, 0.4) is 0 Å². The Labute approximate surface area is 369 Å². The molecule has 2 aromatic heterocycles. The van der Waals surface area contributed by atoms with Gasteiger partial charge >= 0.3 is 0 Å². The summed E-state index contributed by atoms with van der Waals surface area (Å²) < 4.78 is 6.94. The first kappa shape index (κ1) is 36.2. The quantitative estimate of drug-likeness (QED) is 0.168. The molecular formula is C60H37N3O. The molecule has 0 fully saturated rings. The number of benzene rings is 10. The maximum absolute atomic E-state index is 6.94. The van der Waals surface area contributed by atoms with E-state index < -0.39 is 5.41 Å². The van der Waals surface area contributed by atoms with Crippen molar-refractivity contribution in [2.24, 2.45) is 0 Å². The Hall–Kier alpha value is -8.47. The van der Waals surface area contributed by atoms with Crippen molar-refractivity contribution in [1.29, 1.82) is 0 Å². The lowest BCUT2D eigenvalue weighted by Crippen LogP contribution is -2.28. The van der Waals surface area contributed by atoms with Gasteiger partial charge in [0.15, 0.2) is 17.5 Å². The Balaban J connectivity index is 1.06. The topological polar surface area (TPSA) is 51.8 Å². The first-order valence-electron chi connectivity index (χ1n) is 21.8. The van der Waals surface area contributed by atoms with Crippen LogP contribution in [0, 0.1) is 0 Å². The second-order valence-electron chi connectivity index (χ2n) is 16.6. The van der Waals surface area contributed by atoms with Gasteiger partial charge in [0, 0.05) is 21.9 Å². The van der Waals surface area contributed by atoms with Crippen molar-refractivity contribution >= 4 is 43.5 Å². The van der Waals surface area contributed by atoms with E-state index in [9.17, 15) is 0 Å². The molecule has 0 bridgehead atoms. The Morgan fingerprint density at radius 1 is 0.328 bits per heavy atom. The average molecular weight is 816 g/mol. The zero-order chi connectivity index (χ0) is 42.2. The molecule has 1 aliphatic rings. The Kier molecular flexibility index (Phi) is 8.09. The fourth-order valence-corrected chi connectivity index (χ4v) is 10.4. The van der Waals surface area contributed by atoms with Gasteiger partial charge in [-0.25, -0.2) is 15.0 Å². The minimum Gasteiger partial charge on any atom is -0.455 e. The van der Waals surface area contributed by atoms with Crippen LogP contribution >= 0.6 is 0 Å². The van der Waals surface area contributed by atoms with E-state index in [1.165, 1.54) is 49.7 Å². The minimum absolute atomic E-state index is 0.550. The van der Waals surface area contributed by atoms with Crippen LogP contribution in [0.4, 0.5) is 0 Å². The third kappa shape index (κ3) is 5.46. The molecular weight excluding hydrogens is 779 g/mol. The van der Waals surface area contributed by atoms with Crippen molar-refractivity contribution in [2.75, 3.05) is 0 Å². The summed E-state index contributed by atoms with van der Waals surface area (Å²) in [6.45, 7) is 0. The van der Waals surface area contributed by atoms with Crippen molar-refractivity contribution in [3.8, 4) is 56.4 Å². The summed E-state index contributed by atoms with van der Waals surface area (Å²) >= 11 is 0. The van der Waals surface area contributed by atoms with Crippen molar-refractivity contribution in [2.45, 2.75) is 5.41 Å². The monoisotopic (exact) mass is 815 g/mol. The van der Waals surface area contributed by atoms with E-state index in [1.807, 2.05) is 18.2 Å². The van der Waals surface area contributed by atoms with E-state index in [2.05, 4.69) is 206 Å². The summed E-state index contributed by atoms with van der Waals surface area (Å²) in [5.74, 6) is 1.74. The van der Waals surface area contributed by atoms with E-state index in [0.717, 1.165) is 55.0 Å². The van der Waals surface area contributed by atoms with E-state index in [1.54, 1.807) is 0 Å². The number of hydrogen-bond acceptors (Lipinski definition) is 4. The Bertz CT molecular complexity index is 3740. The number of fused-ring (bicyclic) bond motifs is 9.